The van der Waals surface area contributed by atoms with E-state index in [-0.39, 0.29) is 17.5 Å². The molecule has 1 aromatic carbocycles. The molecule has 22 heavy (non-hydrogen) atoms. The van der Waals surface area contributed by atoms with Gasteiger partial charge >= 0.3 is 5.69 Å². The Balaban J connectivity index is 2.11. The maximum Gasteiger partial charge on any atom is 0.350 e. The van der Waals surface area contributed by atoms with Gasteiger partial charge in [0.1, 0.15) is 6.33 Å². The smallest absolute Gasteiger partial charge is 0.325 e. The largest absolute Gasteiger partial charge is 0.350 e. The second-order valence-electron chi connectivity index (χ2n) is 5.38. The predicted octanol–water partition coefficient (Wildman–Crippen LogP) is 0.883. The number of nitrogens with two attached hydrogens (primary N) is 1. The SMILES string of the molecule is CC[C@H](C)[C@@H](N)C(=O)Nc1ccc(-n2ncn(C)c2=O)cc1. The summed E-state index contributed by atoms with van der Waals surface area (Å²) in [7, 11) is 1.64. The summed E-state index contributed by atoms with van der Waals surface area (Å²) in [6.45, 7) is 3.94. The van der Waals surface area contributed by atoms with Crippen LogP contribution in [0.1, 0.15) is 20.3 Å². The number of amides is 1. The lowest BCUT2D eigenvalue weighted by Gasteiger charge is -2.17. The molecule has 0 bridgehead atoms. The second-order valence-corrected chi connectivity index (χ2v) is 5.38. The number of aromatic nitrogens is 3. The summed E-state index contributed by atoms with van der Waals surface area (Å²) >= 11 is 0. The molecular weight excluding hydrogens is 282 g/mol. The van der Waals surface area contributed by atoms with Crippen LogP contribution >= 0.6 is 0 Å². The Bertz CT molecular complexity index is 701. The molecule has 0 aliphatic rings. The average Bonchev–Trinajstić information content (AvgIpc) is 2.86. The Labute approximate surface area is 128 Å². The first kappa shape index (κ1) is 16.0. The van der Waals surface area contributed by atoms with Crippen LogP contribution in [0.2, 0.25) is 0 Å². The molecular formula is C15H21N5O2. The third-order valence-electron chi connectivity index (χ3n) is 3.76. The summed E-state index contributed by atoms with van der Waals surface area (Å²) in [6.07, 6.45) is 2.29. The fourth-order valence-corrected chi connectivity index (χ4v) is 1.98. The molecule has 0 fully saturated rings. The van der Waals surface area contributed by atoms with E-state index in [1.165, 1.54) is 15.6 Å². The Morgan fingerprint density at radius 1 is 1.36 bits per heavy atom. The van der Waals surface area contributed by atoms with Crippen molar-refractivity contribution in [3.8, 4) is 5.69 Å². The van der Waals surface area contributed by atoms with Crippen molar-refractivity contribution in [1.29, 1.82) is 0 Å². The van der Waals surface area contributed by atoms with Gasteiger partial charge in [-0.15, -0.1) is 0 Å². The van der Waals surface area contributed by atoms with E-state index in [9.17, 15) is 9.59 Å². The second kappa shape index (κ2) is 6.57. The molecule has 0 saturated heterocycles. The zero-order valence-corrected chi connectivity index (χ0v) is 13.0. The van der Waals surface area contributed by atoms with E-state index in [1.807, 2.05) is 13.8 Å². The molecule has 1 amide bonds. The zero-order valence-electron chi connectivity index (χ0n) is 13.0. The van der Waals surface area contributed by atoms with Gasteiger partial charge in [-0.05, 0) is 30.2 Å². The van der Waals surface area contributed by atoms with Crippen molar-refractivity contribution >= 4 is 11.6 Å². The van der Waals surface area contributed by atoms with Crippen molar-refractivity contribution < 1.29 is 4.79 Å². The molecule has 2 atom stereocenters. The molecule has 2 rings (SSSR count). The van der Waals surface area contributed by atoms with Gasteiger partial charge in [-0.3, -0.25) is 9.36 Å². The maximum absolute atomic E-state index is 12.0. The highest BCUT2D eigenvalue weighted by Crippen LogP contribution is 2.13. The van der Waals surface area contributed by atoms with E-state index in [0.29, 0.717) is 11.4 Å². The lowest BCUT2D eigenvalue weighted by Crippen LogP contribution is -2.40. The average molecular weight is 303 g/mol. The quantitative estimate of drug-likeness (QED) is 0.857. The van der Waals surface area contributed by atoms with Crippen LogP contribution in [0.5, 0.6) is 0 Å². The number of nitrogens with one attached hydrogen (secondary N) is 1. The van der Waals surface area contributed by atoms with E-state index in [1.54, 1.807) is 31.3 Å². The highest BCUT2D eigenvalue weighted by Gasteiger charge is 2.19. The van der Waals surface area contributed by atoms with Crippen LogP contribution in [-0.2, 0) is 11.8 Å². The molecule has 0 saturated carbocycles. The molecule has 3 N–H and O–H groups in total. The fraction of sp³-hybridized carbons (Fsp3) is 0.400. The third kappa shape index (κ3) is 3.25. The number of rotatable bonds is 5. The molecule has 7 heteroatoms. The molecule has 0 spiro atoms. The third-order valence-corrected chi connectivity index (χ3v) is 3.76. The minimum absolute atomic E-state index is 0.117. The molecule has 118 valence electrons. The molecule has 0 unspecified atom stereocenters. The van der Waals surface area contributed by atoms with Gasteiger partial charge in [0.2, 0.25) is 5.91 Å². The van der Waals surface area contributed by atoms with Crippen LogP contribution in [0, 0.1) is 5.92 Å². The number of carbonyl (C=O) groups excluding carboxylic acids is 1. The number of benzene rings is 1. The van der Waals surface area contributed by atoms with Gasteiger partial charge in [-0.2, -0.15) is 9.78 Å². The predicted molar refractivity (Wildman–Crippen MR) is 84.9 cm³/mol. The molecule has 0 aliphatic heterocycles. The van der Waals surface area contributed by atoms with Gasteiger partial charge in [0.05, 0.1) is 11.7 Å². The van der Waals surface area contributed by atoms with Crippen LogP contribution in [0.4, 0.5) is 5.69 Å². The van der Waals surface area contributed by atoms with Crippen LogP contribution in [0.3, 0.4) is 0 Å². The van der Waals surface area contributed by atoms with Crippen LogP contribution < -0.4 is 16.7 Å². The van der Waals surface area contributed by atoms with Crippen LogP contribution in [0.15, 0.2) is 35.4 Å². The van der Waals surface area contributed by atoms with Gasteiger partial charge in [0, 0.05) is 12.7 Å². The lowest BCUT2D eigenvalue weighted by atomic mass is 9.99. The summed E-state index contributed by atoms with van der Waals surface area (Å²) in [5.74, 6) is -0.0940. The number of carbonyl (C=O) groups is 1. The van der Waals surface area contributed by atoms with Gasteiger partial charge in [0.25, 0.3) is 0 Å². The van der Waals surface area contributed by atoms with Crippen molar-refractivity contribution in [2.45, 2.75) is 26.3 Å². The zero-order chi connectivity index (χ0) is 16.3. The summed E-state index contributed by atoms with van der Waals surface area (Å²) in [5.41, 5.74) is 6.94. The van der Waals surface area contributed by atoms with E-state index >= 15 is 0 Å². The summed E-state index contributed by atoms with van der Waals surface area (Å²) in [4.78, 5) is 23.8. The van der Waals surface area contributed by atoms with Crippen molar-refractivity contribution in [3.63, 3.8) is 0 Å². The lowest BCUT2D eigenvalue weighted by molar-refractivity contribution is -0.118. The van der Waals surface area contributed by atoms with E-state index in [2.05, 4.69) is 10.4 Å². The first-order valence-corrected chi connectivity index (χ1v) is 7.21. The minimum Gasteiger partial charge on any atom is -0.325 e. The van der Waals surface area contributed by atoms with Crippen molar-refractivity contribution in [1.82, 2.24) is 14.3 Å². The number of aryl methyl sites for hydroxylation is 1. The summed E-state index contributed by atoms with van der Waals surface area (Å²) in [6, 6.07) is 6.34. The molecule has 0 aliphatic carbocycles. The molecule has 1 heterocycles. The minimum atomic E-state index is -0.539. The van der Waals surface area contributed by atoms with Gasteiger partial charge < -0.3 is 11.1 Å². The highest BCUT2D eigenvalue weighted by atomic mass is 16.2. The normalized spacial score (nSPS) is 13.6. The molecule has 1 aromatic heterocycles. The Hall–Kier alpha value is -2.41. The first-order valence-electron chi connectivity index (χ1n) is 7.21. The van der Waals surface area contributed by atoms with E-state index < -0.39 is 6.04 Å². The number of anilines is 1. The first-order chi connectivity index (χ1) is 10.4. The maximum atomic E-state index is 12.0. The van der Waals surface area contributed by atoms with E-state index in [0.717, 1.165) is 6.42 Å². The Morgan fingerprint density at radius 3 is 2.50 bits per heavy atom. The standard InChI is InChI=1S/C15H21N5O2/c1-4-10(2)13(16)14(21)18-11-5-7-12(8-6-11)20-15(22)19(3)9-17-20/h5-10,13H,4,16H2,1-3H3,(H,18,21)/t10-,13+/m0/s1. The highest BCUT2D eigenvalue weighted by molar-refractivity contribution is 5.94. The molecule has 7 nitrogen and oxygen atoms in total. The Kier molecular flexibility index (Phi) is 4.77. The van der Waals surface area contributed by atoms with Crippen molar-refractivity contribution in [3.05, 3.63) is 41.1 Å². The molecule has 2 aromatic rings. The fourth-order valence-electron chi connectivity index (χ4n) is 1.98. The number of nitrogens with zero attached hydrogens (tertiary/aromatic N) is 3. The summed E-state index contributed by atoms with van der Waals surface area (Å²) < 4.78 is 2.68. The Morgan fingerprint density at radius 2 is 2.00 bits per heavy atom. The van der Waals surface area contributed by atoms with Crippen LogP contribution in [0.25, 0.3) is 5.69 Å². The van der Waals surface area contributed by atoms with E-state index in [4.69, 9.17) is 5.73 Å². The van der Waals surface area contributed by atoms with Crippen molar-refractivity contribution in [2.24, 2.45) is 18.7 Å². The van der Waals surface area contributed by atoms with Gasteiger partial charge in [0.15, 0.2) is 0 Å². The van der Waals surface area contributed by atoms with Gasteiger partial charge in [-0.25, -0.2) is 4.79 Å². The van der Waals surface area contributed by atoms with Crippen molar-refractivity contribution in [2.75, 3.05) is 5.32 Å². The summed E-state index contributed by atoms with van der Waals surface area (Å²) in [5, 5.41) is 6.78. The topological polar surface area (TPSA) is 94.9 Å². The monoisotopic (exact) mass is 303 g/mol. The number of hydrogen-bond donors (Lipinski definition) is 2. The van der Waals surface area contributed by atoms with Crippen LogP contribution in [-0.4, -0.2) is 26.3 Å². The number of hydrogen-bond acceptors (Lipinski definition) is 4. The molecule has 0 radical (unpaired) electrons. The van der Waals surface area contributed by atoms with Gasteiger partial charge in [-0.1, -0.05) is 20.3 Å².